The van der Waals surface area contributed by atoms with Crippen LogP contribution >= 0.6 is 0 Å². The highest BCUT2D eigenvalue weighted by molar-refractivity contribution is 5.31. The maximum absolute atomic E-state index is 13.7. The molecule has 1 aromatic rings. The molecule has 1 saturated heterocycles. The van der Waals surface area contributed by atoms with Crippen LogP contribution in [0.15, 0.2) is 12.1 Å². The number of nitrogens with one attached hydrogen (secondary N) is 1. The minimum atomic E-state index is -0.894. The zero-order chi connectivity index (χ0) is 13.7. The number of hydrogen-bond donors (Lipinski definition) is 1. The molecule has 1 aliphatic heterocycles. The van der Waals surface area contributed by atoms with Crippen LogP contribution in [0.1, 0.15) is 18.4 Å². The summed E-state index contributed by atoms with van der Waals surface area (Å²) < 4.78 is 32.8. The van der Waals surface area contributed by atoms with Gasteiger partial charge in [-0.2, -0.15) is 4.39 Å². The normalized spacial score (nSPS) is 15.9. The van der Waals surface area contributed by atoms with Gasteiger partial charge in [0.05, 0.1) is 0 Å². The van der Waals surface area contributed by atoms with Crippen molar-refractivity contribution in [1.82, 2.24) is 10.2 Å². The third-order valence-corrected chi connectivity index (χ3v) is 3.36. The lowest BCUT2D eigenvalue weighted by atomic mass is 10.2. The first kappa shape index (κ1) is 14.2. The molecule has 0 radical (unpaired) electrons. The minimum Gasteiger partial charge on any atom is -0.489 e. The first-order valence-corrected chi connectivity index (χ1v) is 6.69. The molecule has 1 aliphatic rings. The maximum Gasteiger partial charge on any atom is 0.200 e. The lowest BCUT2D eigenvalue weighted by molar-refractivity contribution is 0.229. The summed E-state index contributed by atoms with van der Waals surface area (Å²) in [5.74, 6) is -1.72. The average molecular weight is 270 g/mol. The van der Waals surface area contributed by atoms with Gasteiger partial charge in [0.25, 0.3) is 0 Å². The first-order valence-electron chi connectivity index (χ1n) is 6.69. The lowest BCUT2D eigenvalue weighted by Gasteiger charge is -2.15. The fourth-order valence-corrected chi connectivity index (χ4v) is 2.30. The van der Waals surface area contributed by atoms with Crippen LogP contribution in [0, 0.1) is 11.6 Å². The zero-order valence-electron chi connectivity index (χ0n) is 11.2. The molecule has 0 atom stereocenters. The van der Waals surface area contributed by atoms with Crippen molar-refractivity contribution in [1.29, 1.82) is 0 Å². The van der Waals surface area contributed by atoms with E-state index in [-0.39, 0.29) is 5.75 Å². The number of nitrogens with zero attached hydrogens (tertiary/aromatic N) is 1. The second-order valence-corrected chi connectivity index (χ2v) is 4.78. The molecule has 0 bridgehead atoms. The molecule has 0 amide bonds. The van der Waals surface area contributed by atoms with Gasteiger partial charge in [0.15, 0.2) is 11.6 Å². The van der Waals surface area contributed by atoms with Gasteiger partial charge in [-0.05, 0) is 39.0 Å². The monoisotopic (exact) mass is 270 g/mol. The van der Waals surface area contributed by atoms with Crippen LogP contribution in [0.3, 0.4) is 0 Å². The van der Waals surface area contributed by atoms with Gasteiger partial charge in [-0.25, -0.2) is 4.39 Å². The van der Waals surface area contributed by atoms with Crippen LogP contribution in [-0.4, -0.2) is 38.2 Å². The van der Waals surface area contributed by atoms with E-state index in [1.807, 2.05) is 0 Å². The number of rotatable bonds is 6. The van der Waals surface area contributed by atoms with Crippen molar-refractivity contribution in [3.8, 4) is 5.75 Å². The summed E-state index contributed by atoms with van der Waals surface area (Å²) in [4.78, 5) is 2.27. The molecule has 2 rings (SSSR count). The summed E-state index contributed by atoms with van der Waals surface area (Å²) in [6.07, 6.45) is 2.42. The number of halogens is 2. The number of benzene rings is 1. The van der Waals surface area contributed by atoms with E-state index in [0.717, 1.165) is 19.6 Å². The van der Waals surface area contributed by atoms with Crippen LogP contribution in [-0.2, 0) is 6.54 Å². The van der Waals surface area contributed by atoms with Gasteiger partial charge in [-0.15, -0.1) is 0 Å². The highest BCUT2D eigenvalue weighted by Crippen LogP contribution is 2.22. The quantitative estimate of drug-likeness (QED) is 0.857. The predicted octanol–water partition coefficient (Wildman–Crippen LogP) is 2.16. The Morgan fingerprint density at radius 3 is 2.63 bits per heavy atom. The molecule has 106 valence electrons. The fraction of sp³-hybridized carbons (Fsp3) is 0.571. The Hall–Kier alpha value is -1.20. The highest BCUT2D eigenvalue weighted by atomic mass is 19.2. The third-order valence-electron chi connectivity index (χ3n) is 3.36. The van der Waals surface area contributed by atoms with E-state index >= 15 is 0 Å². The molecule has 0 aliphatic carbocycles. The van der Waals surface area contributed by atoms with E-state index in [9.17, 15) is 8.78 Å². The van der Waals surface area contributed by atoms with Crippen molar-refractivity contribution in [3.05, 3.63) is 29.3 Å². The number of likely N-dealkylation sites (tertiary alicyclic amines) is 1. The average Bonchev–Trinajstić information content (AvgIpc) is 2.91. The molecule has 1 fully saturated rings. The van der Waals surface area contributed by atoms with Gasteiger partial charge >= 0.3 is 0 Å². The van der Waals surface area contributed by atoms with Crippen molar-refractivity contribution < 1.29 is 13.5 Å². The largest absolute Gasteiger partial charge is 0.489 e. The van der Waals surface area contributed by atoms with E-state index in [1.54, 1.807) is 13.1 Å². The van der Waals surface area contributed by atoms with Crippen LogP contribution in [0.25, 0.3) is 0 Å². The Labute approximate surface area is 112 Å². The van der Waals surface area contributed by atoms with Crippen LogP contribution < -0.4 is 10.1 Å². The Kier molecular flexibility index (Phi) is 5.10. The summed E-state index contributed by atoms with van der Waals surface area (Å²) in [6.45, 7) is 3.60. The van der Waals surface area contributed by atoms with E-state index in [4.69, 9.17) is 4.74 Å². The number of hydrogen-bond acceptors (Lipinski definition) is 3. The zero-order valence-corrected chi connectivity index (χ0v) is 11.2. The lowest BCUT2D eigenvalue weighted by Crippen LogP contribution is -2.25. The van der Waals surface area contributed by atoms with Crippen molar-refractivity contribution in [2.75, 3.05) is 33.3 Å². The molecule has 19 heavy (non-hydrogen) atoms. The first-order chi connectivity index (χ1) is 9.22. The number of ether oxygens (including phenoxy) is 1. The van der Waals surface area contributed by atoms with Gasteiger partial charge in [0, 0.05) is 18.7 Å². The van der Waals surface area contributed by atoms with Gasteiger partial charge in [0.1, 0.15) is 6.61 Å². The van der Waals surface area contributed by atoms with Gasteiger partial charge in [-0.3, -0.25) is 4.90 Å². The van der Waals surface area contributed by atoms with Gasteiger partial charge < -0.3 is 10.1 Å². The smallest absolute Gasteiger partial charge is 0.200 e. The summed E-state index contributed by atoms with van der Waals surface area (Å²) in [6, 6.07) is 3.05. The van der Waals surface area contributed by atoms with Crippen molar-refractivity contribution in [3.63, 3.8) is 0 Å². The SMILES string of the molecule is CNCc1ccc(OCCN2CCCC2)c(F)c1F. The fourth-order valence-electron chi connectivity index (χ4n) is 2.30. The van der Waals surface area contributed by atoms with Crippen molar-refractivity contribution in [2.45, 2.75) is 19.4 Å². The maximum atomic E-state index is 13.7. The minimum absolute atomic E-state index is 0.00319. The molecule has 1 aromatic carbocycles. The van der Waals surface area contributed by atoms with Crippen LogP contribution in [0.4, 0.5) is 8.78 Å². The second-order valence-electron chi connectivity index (χ2n) is 4.78. The highest BCUT2D eigenvalue weighted by Gasteiger charge is 2.15. The van der Waals surface area contributed by atoms with Crippen LogP contribution in [0.2, 0.25) is 0 Å². The molecule has 0 unspecified atom stereocenters. The summed E-state index contributed by atoms with van der Waals surface area (Å²) >= 11 is 0. The van der Waals surface area contributed by atoms with E-state index in [0.29, 0.717) is 18.7 Å². The Morgan fingerprint density at radius 1 is 1.21 bits per heavy atom. The summed E-state index contributed by atoms with van der Waals surface area (Å²) in [5, 5.41) is 2.80. The van der Waals surface area contributed by atoms with E-state index in [2.05, 4.69) is 10.2 Å². The molecule has 5 heteroatoms. The summed E-state index contributed by atoms with van der Waals surface area (Å²) in [7, 11) is 1.69. The van der Waals surface area contributed by atoms with Crippen molar-refractivity contribution >= 4 is 0 Å². The Balaban J connectivity index is 1.90. The van der Waals surface area contributed by atoms with E-state index < -0.39 is 11.6 Å². The predicted molar refractivity (Wildman–Crippen MR) is 70.3 cm³/mol. The Morgan fingerprint density at radius 2 is 1.95 bits per heavy atom. The molecule has 1 heterocycles. The van der Waals surface area contributed by atoms with Crippen molar-refractivity contribution in [2.24, 2.45) is 0 Å². The summed E-state index contributed by atoms with van der Waals surface area (Å²) in [5.41, 5.74) is 0.312. The molecular formula is C14H20F2N2O. The Bertz CT molecular complexity index is 420. The molecular weight excluding hydrogens is 250 g/mol. The molecule has 3 nitrogen and oxygen atoms in total. The standard InChI is InChI=1S/C14H20F2N2O/c1-17-10-11-4-5-12(14(16)13(11)15)19-9-8-18-6-2-3-7-18/h4-5,17H,2-3,6-10H2,1H3. The molecule has 1 N–H and O–H groups in total. The molecule has 0 saturated carbocycles. The molecule has 0 spiro atoms. The second kappa shape index (κ2) is 6.82. The topological polar surface area (TPSA) is 24.5 Å². The van der Waals surface area contributed by atoms with Gasteiger partial charge in [0.2, 0.25) is 5.82 Å². The van der Waals surface area contributed by atoms with Gasteiger partial charge in [-0.1, -0.05) is 6.07 Å². The third kappa shape index (κ3) is 3.64. The molecule has 0 aromatic heterocycles. The van der Waals surface area contributed by atoms with Crippen LogP contribution in [0.5, 0.6) is 5.75 Å². The van der Waals surface area contributed by atoms with E-state index in [1.165, 1.54) is 18.9 Å².